The van der Waals surface area contributed by atoms with Crippen LogP contribution in [0.25, 0.3) is 0 Å². The molecule has 0 spiro atoms. The number of terminal acetylenes is 1. The van der Waals surface area contributed by atoms with Gasteiger partial charge in [-0.3, -0.25) is 19.4 Å². The quantitative estimate of drug-likeness (QED) is 0.412. The average molecular weight is 459 g/mol. The van der Waals surface area contributed by atoms with E-state index in [1.165, 1.54) is 0 Å². The van der Waals surface area contributed by atoms with Crippen LogP contribution in [0.15, 0.2) is 64.7 Å². The number of rotatable bonds is 8. The zero-order chi connectivity index (χ0) is 24.6. The van der Waals surface area contributed by atoms with Gasteiger partial charge in [-0.1, -0.05) is 49.3 Å². The Morgan fingerprint density at radius 1 is 1.18 bits per heavy atom. The van der Waals surface area contributed by atoms with Gasteiger partial charge in [0.2, 0.25) is 0 Å². The van der Waals surface area contributed by atoms with Crippen molar-refractivity contribution in [3.8, 4) is 12.3 Å². The highest BCUT2D eigenvalue weighted by Crippen LogP contribution is 2.46. The predicted octanol–water partition coefficient (Wildman–Crippen LogP) is 2.61. The minimum atomic E-state index is -0.812. The number of allylic oxidation sites excluding steroid dienone is 4. The van der Waals surface area contributed by atoms with Crippen molar-refractivity contribution in [2.45, 2.75) is 45.2 Å². The summed E-state index contributed by atoms with van der Waals surface area (Å²) in [6.45, 7) is 4.84. The van der Waals surface area contributed by atoms with Crippen molar-refractivity contribution in [2.24, 2.45) is 4.99 Å². The SMILES string of the molecule is C#CCNC(=O)C(=O)NCc1ccccc1C(=O)NC1(C2=CC=CC(=N/CCC)/C2=C\C)CC1. The van der Waals surface area contributed by atoms with Gasteiger partial charge in [0.25, 0.3) is 5.91 Å². The summed E-state index contributed by atoms with van der Waals surface area (Å²) in [5, 5.41) is 8.08. The number of nitrogens with zero attached hydrogens (tertiary/aromatic N) is 1. The number of hydrogen-bond donors (Lipinski definition) is 3. The van der Waals surface area contributed by atoms with Crippen LogP contribution in [0.5, 0.6) is 0 Å². The summed E-state index contributed by atoms with van der Waals surface area (Å²) in [6.07, 6.45) is 15.8. The van der Waals surface area contributed by atoms with Crippen molar-refractivity contribution in [3.63, 3.8) is 0 Å². The average Bonchev–Trinajstić information content (AvgIpc) is 3.64. The van der Waals surface area contributed by atoms with Gasteiger partial charge in [-0.2, -0.15) is 0 Å². The summed E-state index contributed by atoms with van der Waals surface area (Å²) in [7, 11) is 0. The number of carbonyl (C=O) groups excluding carboxylic acids is 3. The van der Waals surface area contributed by atoms with Gasteiger partial charge in [0.15, 0.2) is 0 Å². The maximum Gasteiger partial charge on any atom is 0.310 e. The lowest BCUT2D eigenvalue weighted by molar-refractivity contribution is -0.139. The van der Waals surface area contributed by atoms with Crippen molar-refractivity contribution < 1.29 is 14.4 Å². The molecule has 0 saturated heterocycles. The van der Waals surface area contributed by atoms with E-state index in [0.29, 0.717) is 11.1 Å². The molecule has 7 heteroatoms. The van der Waals surface area contributed by atoms with Crippen LogP contribution in [0.2, 0.25) is 0 Å². The van der Waals surface area contributed by atoms with Gasteiger partial charge in [0, 0.05) is 24.2 Å². The number of amides is 3. The van der Waals surface area contributed by atoms with Gasteiger partial charge in [0.05, 0.1) is 17.8 Å². The molecule has 176 valence electrons. The van der Waals surface area contributed by atoms with Crippen LogP contribution in [0.3, 0.4) is 0 Å². The molecule has 1 aromatic rings. The minimum absolute atomic E-state index is 0.0303. The molecule has 0 radical (unpaired) electrons. The first kappa shape index (κ1) is 24.7. The first-order chi connectivity index (χ1) is 16.5. The summed E-state index contributed by atoms with van der Waals surface area (Å²) >= 11 is 0. The molecule has 3 rings (SSSR count). The second-order valence-corrected chi connectivity index (χ2v) is 8.17. The van der Waals surface area contributed by atoms with Crippen molar-refractivity contribution in [3.05, 3.63) is 70.8 Å². The molecule has 0 atom stereocenters. The van der Waals surface area contributed by atoms with E-state index in [-0.39, 0.29) is 19.0 Å². The largest absolute Gasteiger partial charge is 0.344 e. The summed E-state index contributed by atoms with van der Waals surface area (Å²) in [6, 6.07) is 7.02. The molecule has 0 aliphatic heterocycles. The molecular weight excluding hydrogens is 428 g/mol. The van der Waals surface area contributed by atoms with Gasteiger partial charge in [-0.25, -0.2) is 0 Å². The summed E-state index contributed by atoms with van der Waals surface area (Å²) in [4.78, 5) is 41.7. The van der Waals surface area contributed by atoms with Gasteiger partial charge in [-0.05, 0) is 49.5 Å². The number of benzene rings is 1. The molecule has 3 N–H and O–H groups in total. The molecule has 0 heterocycles. The first-order valence-corrected chi connectivity index (χ1v) is 11.5. The highest BCUT2D eigenvalue weighted by molar-refractivity contribution is 6.35. The number of hydrogen-bond acceptors (Lipinski definition) is 4. The van der Waals surface area contributed by atoms with Crippen LogP contribution < -0.4 is 16.0 Å². The maximum atomic E-state index is 13.3. The van der Waals surface area contributed by atoms with E-state index in [4.69, 9.17) is 11.4 Å². The molecule has 0 aromatic heterocycles. The second-order valence-electron chi connectivity index (χ2n) is 8.17. The molecule has 34 heavy (non-hydrogen) atoms. The second kappa shape index (κ2) is 11.3. The zero-order valence-electron chi connectivity index (χ0n) is 19.6. The standard InChI is InChI=1S/C27H30N4O3/c1-4-16-28-23-13-9-12-22(20(23)6-3)27(14-15-27)31-24(32)21-11-8-7-10-19(21)18-30-26(34)25(33)29-17-5-2/h2,6-13H,4,14-18H2,1,3H3,(H,29,33)(H,30,34)(H,31,32)/b20-6-,28-23-. The van der Waals surface area contributed by atoms with E-state index < -0.39 is 17.4 Å². The predicted molar refractivity (Wildman–Crippen MR) is 133 cm³/mol. The van der Waals surface area contributed by atoms with Crippen molar-refractivity contribution in [2.75, 3.05) is 13.1 Å². The Bertz CT molecular complexity index is 1130. The molecule has 7 nitrogen and oxygen atoms in total. The summed E-state index contributed by atoms with van der Waals surface area (Å²) in [5.41, 5.74) is 3.68. The van der Waals surface area contributed by atoms with E-state index in [1.54, 1.807) is 24.3 Å². The molecule has 0 unspecified atom stereocenters. The fourth-order valence-electron chi connectivity index (χ4n) is 3.88. The fourth-order valence-corrected chi connectivity index (χ4v) is 3.88. The van der Waals surface area contributed by atoms with E-state index >= 15 is 0 Å². The van der Waals surface area contributed by atoms with Crippen LogP contribution in [0, 0.1) is 12.3 Å². The Morgan fingerprint density at radius 2 is 1.91 bits per heavy atom. The Hall–Kier alpha value is -3.92. The lowest BCUT2D eigenvalue weighted by Crippen LogP contribution is -2.41. The molecule has 1 aromatic carbocycles. The topological polar surface area (TPSA) is 99.7 Å². The lowest BCUT2D eigenvalue weighted by atomic mass is 9.88. The van der Waals surface area contributed by atoms with E-state index in [0.717, 1.165) is 42.7 Å². The Labute approximate surface area is 200 Å². The number of carbonyl (C=O) groups is 3. The normalized spacial score (nSPS) is 18.1. The monoisotopic (exact) mass is 458 g/mol. The summed E-state index contributed by atoms with van der Waals surface area (Å²) < 4.78 is 0. The third kappa shape index (κ3) is 5.70. The zero-order valence-corrected chi connectivity index (χ0v) is 19.6. The minimum Gasteiger partial charge on any atom is -0.344 e. The smallest absolute Gasteiger partial charge is 0.310 e. The Morgan fingerprint density at radius 3 is 2.59 bits per heavy atom. The maximum absolute atomic E-state index is 13.3. The fraction of sp³-hybridized carbons (Fsp3) is 0.333. The third-order valence-electron chi connectivity index (χ3n) is 5.75. The van der Waals surface area contributed by atoms with Gasteiger partial charge >= 0.3 is 11.8 Å². The van der Waals surface area contributed by atoms with Gasteiger partial charge < -0.3 is 16.0 Å². The first-order valence-electron chi connectivity index (χ1n) is 11.5. The van der Waals surface area contributed by atoms with Crippen molar-refractivity contribution >= 4 is 23.4 Å². The van der Waals surface area contributed by atoms with Crippen LogP contribution >= 0.6 is 0 Å². The van der Waals surface area contributed by atoms with E-state index in [1.807, 2.05) is 25.2 Å². The Balaban J connectivity index is 1.74. The van der Waals surface area contributed by atoms with Crippen LogP contribution in [0.1, 0.15) is 49.0 Å². The highest BCUT2D eigenvalue weighted by atomic mass is 16.2. The molecule has 2 aliphatic carbocycles. The molecule has 0 bridgehead atoms. The van der Waals surface area contributed by atoms with Gasteiger partial charge in [0.1, 0.15) is 0 Å². The van der Waals surface area contributed by atoms with Crippen LogP contribution in [-0.4, -0.2) is 42.1 Å². The molecule has 1 saturated carbocycles. The van der Waals surface area contributed by atoms with Crippen molar-refractivity contribution in [1.82, 2.24) is 16.0 Å². The molecule has 1 fully saturated rings. The van der Waals surface area contributed by atoms with Crippen LogP contribution in [0.4, 0.5) is 0 Å². The van der Waals surface area contributed by atoms with E-state index in [2.05, 4.69) is 34.9 Å². The lowest BCUT2D eigenvalue weighted by Gasteiger charge is -2.26. The summed E-state index contributed by atoms with van der Waals surface area (Å²) in [5.74, 6) is 0.399. The number of aliphatic imine (C=N–C) groups is 1. The highest BCUT2D eigenvalue weighted by Gasteiger charge is 2.49. The third-order valence-corrected chi connectivity index (χ3v) is 5.75. The molecule has 2 aliphatic rings. The Kier molecular flexibility index (Phi) is 8.20. The number of nitrogens with one attached hydrogen (secondary N) is 3. The molecular formula is C27H30N4O3. The van der Waals surface area contributed by atoms with Crippen molar-refractivity contribution in [1.29, 1.82) is 0 Å². The molecule has 3 amide bonds. The van der Waals surface area contributed by atoms with E-state index in [9.17, 15) is 14.4 Å². The van der Waals surface area contributed by atoms with Crippen LogP contribution in [-0.2, 0) is 16.1 Å². The van der Waals surface area contributed by atoms with Gasteiger partial charge in [-0.15, -0.1) is 6.42 Å².